The molecule has 1 atom stereocenters. The molecule has 1 aliphatic rings. The maximum absolute atomic E-state index is 12.7. The van der Waals surface area contributed by atoms with E-state index in [0.29, 0.717) is 12.1 Å². The quantitative estimate of drug-likeness (QED) is 0.623. The Morgan fingerprint density at radius 2 is 1.83 bits per heavy atom. The van der Waals surface area contributed by atoms with Gasteiger partial charge in [-0.3, -0.25) is 9.59 Å². The Labute approximate surface area is 179 Å². The second kappa shape index (κ2) is 10.1. The van der Waals surface area contributed by atoms with Gasteiger partial charge in [-0.05, 0) is 43.0 Å². The molecule has 0 bridgehead atoms. The Hall–Kier alpha value is -3.10. The van der Waals surface area contributed by atoms with Crippen LogP contribution in [0.2, 0.25) is 0 Å². The van der Waals surface area contributed by atoms with Crippen molar-refractivity contribution in [1.82, 2.24) is 15.1 Å². The highest BCUT2D eigenvalue weighted by Crippen LogP contribution is 2.33. The number of aryl methyl sites for hydroxylation is 1. The number of carbonyl (C=O) groups is 2. The summed E-state index contributed by atoms with van der Waals surface area (Å²) in [5.74, 6) is 0.0599. The molecule has 8 heteroatoms. The first-order valence-electron chi connectivity index (χ1n) is 9.66. The number of rotatable bonds is 3. The van der Waals surface area contributed by atoms with Crippen molar-refractivity contribution in [3.05, 3.63) is 59.1 Å². The molecule has 0 aliphatic carbocycles. The van der Waals surface area contributed by atoms with Gasteiger partial charge in [-0.2, -0.15) is 0 Å². The number of nitrogens with two attached hydrogens (primary N) is 1. The lowest BCUT2D eigenvalue weighted by molar-refractivity contribution is -0.122. The fraction of sp³-hybridized carbons (Fsp3) is 0.273. The van der Waals surface area contributed by atoms with E-state index in [1.165, 1.54) is 0 Å². The lowest BCUT2D eigenvalue weighted by Gasteiger charge is -2.30. The van der Waals surface area contributed by atoms with Crippen LogP contribution in [0, 0.1) is 6.92 Å². The van der Waals surface area contributed by atoms with Crippen LogP contribution in [0.15, 0.2) is 48.5 Å². The van der Waals surface area contributed by atoms with E-state index in [4.69, 9.17) is 15.6 Å². The normalized spacial score (nSPS) is 15.8. The molecule has 0 radical (unpaired) electrons. The van der Waals surface area contributed by atoms with E-state index in [1.54, 1.807) is 11.3 Å². The minimum atomic E-state index is -0.250. The number of aromatic nitrogens is 2. The molecular weight excluding hydrogens is 400 g/mol. The Kier molecular flexibility index (Phi) is 7.26. The van der Waals surface area contributed by atoms with E-state index in [-0.39, 0.29) is 18.4 Å². The van der Waals surface area contributed by atoms with Gasteiger partial charge in [0.1, 0.15) is 10.0 Å². The standard InChI is InChI=1S/C21H22N4OS.CH2O2/c1-14-23-24-20(27-14)19-7-3-2-6-18(19)15-8-10-16(11-9-15)21(26)25-12-4-5-17(22)13-25;2-1-3/h2-3,6-11,17H,4-5,12-13,22H2,1H3;1H,(H,2,3). The molecule has 2 aromatic carbocycles. The van der Waals surface area contributed by atoms with Gasteiger partial charge in [-0.25, -0.2) is 0 Å². The molecule has 30 heavy (non-hydrogen) atoms. The monoisotopic (exact) mass is 424 g/mol. The molecule has 1 saturated heterocycles. The molecular formula is C22H24N4O3S. The summed E-state index contributed by atoms with van der Waals surface area (Å²) in [6, 6.07) is 16.1. The molecule has 1 aliphatic heterocycles. The van der Waals surface area contributed by atoms with Gasteiger partial charge in [0.25, 0.3) is 12.4 Å². The lowest BCUT2D eigenvalue weighted by Crippen LogP contribution is -2.45. The molecule has 3 aromatic rings. The highest BCUT2D eigenvalue weighted by Gasteiger charge is 2.22. The van der Waals surface area contributed by atoms with Crippen molar-refractivity contribution in [2.24, 2.45) is 5.73 Å². The van der Waals surface area contributed by atoms with Gasteiger partial charge in [-0.15, -0.1) is 10.2 Å². The van der Waals surface area contributed by atoms with Crippen LogP contribution in [0.25, 0.3) is 21.7 Å². The fourth-order valence-corrected chi connectivity index (χ4v) is 4.23. The van der Waals surface area contributed by atoms with Gasteiger partial charge < -0.3 is 15.7 Å². The van der Waals surface area contributed by atoms with E-state index in [0.717, 1.165) is 46.1 Å². The summed E-state index contributed by atoms with van der Waals surface area (Å²) in [5.41, 5.74) is 9.93. The van der Waals surface area contributed by atoms with E-state index in [2.05, 4.69) is 22.3 Å². The Morgan fingerprint density at radius 1 is 1.17 bits per heavy atom. The van der Waals surface area contributed by atoms with Crippen molar-refractivity contribution >= 4 is 23.7 Å². The summed E-state index contributed by atoms with van der Waals surface area (Å²) in [6.07, 6.45) is 1.96. The number of likely N-dealkylation sites (tertiary alicyclic amines) is 1. The SMILES string of the molecule is Cc1nnc(-c2ccccc2-c2ccc(C(=O)N3CCCC(N)C3)cc2)s1.O=CO. The predicted molar refractivity (Wildman–Crippen MR) is 117 cm³/mol. The fourth-order valence-electron chi connectivity index (χ4n) is 3.50. The number of carboxylic acid groups (broad SMARTS) is 1. The van der Waals surface area contributed by atoms with Gasteiger partial charge >= 0.3 is 0 Å². The third kappa shape index (κ3) is 5.08. The van der Waals surface area contributed by atoms with Gasteiger partial charge in [0, 0.05) is 30.3 Å². The van der Waals surface area contributed by atoms with Crippen LogP contribution in [0.3, 0.4) is 0 Å². The Morgan fingerprint density at radius 3 is 2.43 bits per heavy atom. The lowest BCUT2D eigenvalue weighted by atomic mass is 9.98. The van der Waals surface area contributed by atoms with E-state index >= 15 is 0 Å². The van der Waals surface area contributed by atoms with Gasteiger partial charge in [-0.1, -0.05) is 47.7 Å². The number of carbonyl (C=O) groups excluding carboxylic acids is 1. The summed E-state index contributed by atoms with van der Waals surface area (Å²) in [4.78, 5) is 23.0. The van der Waals surface area contributed by atoms with E-state index < -0.39 is 0 Å². The van der Waals surface area contributed by atoms with Crippen LogP contribution in [0.5, 0.6) is 0 Å². The van der Waals surface area contributed by atoms with Crippen molar-refractivity contribution in [2.75, 3.05) is 13.1 Å². The second-order valence-electron chi connectivity index (χ2n) is 7.01. The highest BCUT2D eigenvalue weighted by molar-refractivity contribution is 7.14. The maximum Gasteiger partial charge on any atom is 0.290 e. The number of hydrogen-bond donors (Lipinski definition) is 2. The third-order valence-electron chi connectivity index (χ3n) is 4.87. The largest absolute Gasteiger partial charge is 0.483 e. The topological polar surface area (TPSA) is 109 Å². The van der Waals surface area contributed by atoms with Crippen LogP contribution in [-0.4, -0.2) is 51.7 Å². The molecule has 1 unspecified atom stereocenters. The highest BCUT2D eigenvalue weighted by atomic mass is 32.1. The Balaban J connectivity index is 0.000000806. The summed E-state index contributed by atoms with van der Waals surface area (Å²) >= 11 is 1.58. The molecule has 3 N–H and O–H groups in total. The molecule has 7 nitrogen and oxygen atoms in total. The number of benzene rings is 2. The molecule has 2 heterocycles. The first-order chi connectivity index (χ1) is 14.5. The van der Waals surface area contributed by atoms with Gasteiger partial charge in [0.05, 0.1) is 0 Å². The molecule has 1 aromatic heterocycles. The van der Waals surface area contributed by atoms with Crippen molar-refractivity contribution in [2.45, 2.75) is 25.8 Å². The smallest absolute Gasteiger partial charge is 0.290 e. The number of hydrogen-bond acceptors (Lipinski definition) is 6. The molecule has 4 rings (SSSR count). The van der Waals surface area contributed by atoms with Crippen LogP contribution in [-0.2, 0) is 4.79 Å². The van der Waals surface area contributed by atoms with Gasteiger partial charge in [0.2, 0.25) is 0 Å². The van der Waals surface area contributed by atoms with Crippen LogP contribution in [0.1, 0.15) is 28.2 Å². The average Bonchev–Trinajstić information content (AvgIpc) is 3.20. The minimum absolute atomic E-state index is 0.0599. The number of piperidine rings is 1. The van der Waals surface area contributed by atoms with Gasteiger partial charge in [0.15, 0.2) is 0 Å². The van der Waals surface area contributed by atoms with Crippen molar-refractivity contribution < 1.29 is 14.7 Å². The van der Waals surface area contributed by atoms with Crippen LogP contribution >= 0.6 is 11.3 Å². The number of amides is 1. The molecule has 0 spiro atoms. The first kappa shape index (κ1) is 21.6. The summed E-state index contributed by atoms with van der Waals surface area (Å²) in [5, 5.41) is 17.2. The average molecular weight is 425 g/mol. The van der Waals surface area contributed by atoms with Crippen molar-refractivity contribution in [3.63, 3.8) is 0 Å². The molecule has 1 fully saturated rings. The third-order valence-corrected chi connectivity index (χ3v) is 5.74. The zero-order chi connectivity index (χ0) is 21.5. The predicted octanol–water partition coefficient (Wildman–Crippen LogP) is 3.44. The van der Waals surface area contributed by atoms with E-state index in [9.17, 15) is 4.79 Å². The minimum Gasteiger partial charge on any atom is -0.483 e. The first-order valence-corrected chi connectivity index (χ1v) is 10.5. The molecule has 156 valence electrons. The molecule has 1 amide bonds. The summed E-state index contributed by atoms with van der Waals surface area (Å²) < 4.78 is 0. The summed E-state index contributed by atoms with van der Waals surface area (Å²) in [7, 11) is 0. The zero-order valence-corrected chi connectivity index (χ0v) is 17.5. The molecule has 0 saturated carbocycles. The second-order valence-corrected chi connectivity index (χ2v) is 8.19. The number of nitrogens with zero attached hydrogens (tertiary/aromatic N) is 3. The maximum atomic E-state index is 12.7. The van der Waals surface area contributed by atoms with Crippen LogP contribution in [0.4, 0.5) is 0 Å². The van der Waals surface area contributed by atoms with Crippen molar-refractivity contribution in [1.29, 1.82) is 0 Å². The summed E-state index contributed by atoms with van der Waals surface area (Å²) in [6.45, 7) is 3.13. The van der Waals surface area contributed by atoms with Crippen molar-refractivity contribution in [3.8, 4) is 21.7 Å². The van der Waals surface area contributed by atoms with E-state index in [1.807, 2.05) is 48.2 Å². The zero-order valence-electron chi connectivity index (χ0n) is 16.7. The Bertz CT molecular complexity index is 1000. The van der Waals surface area contributed by atoms with Crippen LogP contribution < -0.4 is 5.73 Å².